The minimum atomic E-state index is 0.291. The van der Waals surface area contributed by atoms with Gasteiger partial charge < -0.3 is 9.64 Å². The molecule has 1 aliphatic rings. The summed E-state index contributed by atoms with van der Waals surface area (Å²) in [7, 11) is 0. The van der Waals surface area contributed by atoms with Crippen LogP contribution in [0.15, 0.2) is 24.3 Å². The summed E-state index contributed by atoms with van der Waals surface area (Å²) in [5.74, 6) is 0.810. The van der Waals surface area contributed by atoms with Gasteiger partial charge in [0.05, 0.1) is 0 Å². The maximum absolute atomic E-state index is 10.7. The molecule has 0 amide bonds. The minimum absolute atomic E-state index is 0.291. The molecule has 1 aromatic rings. The molecule has 0 aliphatic carbocycles. The first-order chi connectivity index (χ1) is 8.31. The molecule has 0 spiro atoms. The molecule has 17 heavy (non-hydrogen) atoms. The second-order valence-electron chi connectivity index (χ2n) is 4.44. The van der Waals surface area contributed by atoms with Crippen LogP contribution in [0.4, 0.5) is 0 Å². The van der Waals surface area contributed by atoms with E-state index < -0.39 is 0 Å². The van der Waals surface area contributed by atoms with Gasteiger partial charge in [0.1, 0.15) is 18.1 Å². The average Bonchev–Trinajstić information content (AvgIpc) is 2.40. The molecule has 0 N–H and O–H groups in total. The molecule has 1 aromatic carbocycles. The quantitative estimate of drug-likeness (QED) is 0.748. The first-order valence-corrected chi connectivity index (χ1v) is 6.26. The van der Waals surface area contributed by atoms with Crippen molar-refractivity contribution in [2.24, 2.45) is 0 Å². The Bertz CT molecular complexity index is 370. The van der Waals surface area contributed by atoms with Gasteiger partial charge in [0, 0.05) is 18.7 Å². The summed E-state index contributed by atoms with van der Waals surface area (Å²) in [6.45, 7) is 5.52. The molecule has 0 radical (unpaired) electrons. The Kier molecular flexibility index (Phi) is 4.15. The Labute approximate surface area is 102 Å². The average molecular weight is 233 g/mol. The SMILES string of the molecule is CCN1CCC(Oc2cccc(C=O)c2)CC1. The lowest BCUT2D eigenvalue weighted by Crippen LogP contribution is -2.37. The predicted molar refractivity (Wildman–Crippen MR) is 67.6 cm³/mol. The minimum Gasteiger partial charge on any atom is -0.490 e. The third kappa shape index (κ3) is 3.30. The van der Waals surface area contributed by atoms with Crippen LogP contribution < -0.4 is 4.74 Å². The molecule has 2 rings (SSSR count). The van der Waals surface area contributed by atoms with E-state index in [0.717, 1.165) is 44.5 Å². The second kappa shape index (κ2) is 5.82. The van der Waals surface area contributed by atoms with Gasteiger partial charge in [0.2, 0.25) is 0 Å². The highest BCUT2D eigenvalue weighted by Gasteiger charge is 2.19. The summed E-state index contributed by atoms with van der Waals surface area (Å²) >= 11 is 0. The molecule has 1 saturated heterocycles. The van der Waals surface area contributed by atoms with Crippen LogP contribution >= 0.6 is 0 Å². The summed E-state index contributed by atoms with van der Waals surface area (Å²) < 4.78 is 5.91. The first-order valence-electron chi connectivity index (χ1n) is 6.26. The highest BCUT2D eigenvalue weighted by atomic mass is 16.5. The number of likely N-dealkylation sites (tertiary alicyclic amines) is 1. The van der Waals surface area contributed by atoms with Gasteiger partial charge in [-0.25, -0.2) is 0 Å². The van der Waals surface area contributed by atoms with E-state index in [-0.39, 0.29) is 0 Å². The monoisotopic (exact) mass is 233 g/mol. The Morgan fingerprint density at radius 1 is 1.41 bits per heavy atom. The lowest BCUT2D eigenvalue weighted by molar-refractivity contribution is 0.103. The molecule has 3 nitrogen and oxygen atoms in total. The smallest absolute Gasteiger partial charge is 0.150 e. The lowest BCUT2D eigenvalue weighted by Gasteiger charge is -2.31. The number of ether oxygens (including phenoxy) is 1. The van der Waals surface area contributed by atoms with Crippen molar-refractivity contribution in [3.8, 4) is 5.75 Å². The van der Waals surface area contributed by atoms with Crippen LogP contribution in [0.25, 0.3) is 0 Å². The molecule has 0 saturated carbocycles. The standard InChI is InChI=1S/C14H19NO2/c1-2-15-8-6-13(7-9-15)17-14-5-3-4-12(10-14)11-16/h3-5,10-11,13H,2,6-9H2,1H3. The zero-order valence-electron chi connectivity index (χ0n) is 10.3. The van der Waals surface area contributed by atoms with Crippen molar-refractivity contribution < 1.29 is 9.53 Å². The van der Waals surface area contributed by atoms with E-state index in [2.05, 4.69) is 11.8 Å². The van der Waals surface area contributed by atoms with Crippen molar-refractivity contribution in [2.75, 3.05) is 19.6 Å². The number of carbonyl (C=O) groups excluding carboxylic acids is 1. The molecule has 3 heteroatoms. The fourth-order valence-corrected chi connectivity index (χ4v) is 2.20. The number of aldehydes is 1. The number of benzene rings is 1. The Balaban J connectivity index is 1.90. The molecule has 92 valence electrons. The van der Waals surface area contributed by atoms with Crippen LogP contribution in [-0.4, -0.2) is 36.9 Å². The van der Waals surface area contributed by atoms with Crippen LogP contribution in [-0.2, 0) is 0 Å². The maximum Gasteiger partial charge on any atom is 0.150 e. The normalized spacial score (nSPS) is 17.9. The van der Waals surface area contributed by atoms with Crippen LogP contribution in [0.3, 0.4) is 0 Å². The van der Waals surface area contributed by atoms with E-state index in [1.807, 2.05) is 12.1 Å². The number of nitrogens with zero attached hydrogens (tertiary/aromatic N) is 1. The number of rotatable bonds is 4. The number of carbonyl (C=O) groups is 1. The number of hydrogen-bond acceptors (Lipinski definition) is 3. The summed E-state index contributed by atoms with van der Waals surface area (Å²) in [4.78, 5) is 13.1. The van der Waals surface area contributed by atoms with Gasteiger partial charge in [0.15, 0.2) is 0 Å². The highest BCUT2D eigenvalue weighted by Crippen LogP contribution is 2.19. The summed E-state index contributed by atoms with van der Waals surface area (Å²) in [6.07, 6.45) is 3.28. The van der Waals surface area contributed by atoms with Crippen molar-refractivity contribution in [1.82, 2.24) is 4.90 Å². The van der Waals surface area contributed by atoms with Gasteiger partial charge in [0.25, 0.3) is 0 Å². The predicted octanol–water partition coefficient (Wildman–Crippen LogP) is 2.36. The molecule has 0 atom stereocenters. The zero-order chi connectivity index (χ0) is 12.1. The summed E-state index contributed by atoms with van der Waals surface area (Å²) in [5, 5.41) is 0. The van der Waals surface area contributed by atoms with E-state index in [4.69, 9.17) is 4.74 Å². The molecule has 1 fully saturated rings. The van der Waals surface area contributed by atoms with Crippen LogP contribution in [0, 0.1) is 0 Å². The Morgan fingerprint density at radius 3 is 2.82 bits per heavy atom. The van der Waals surface area contributed by atoms with Gasteiger partial charge in [-0.05, 0) is 31.5 Å². The molecule has 1 aliphatic heterocycles. The van der Waals surface area contributed by atoms with E-state index in [1.165, 1.54) is 0 Å². The van der Waals surface area contributed by atoms with Crippen molar-refractivity contribution in [1.29, 1.82) is 0 Å². The molecular weight excluding hydrogens is 214 g/mol. The van der Waals surface area contributed by atoms with Crippen molar-refractivity contribution in [2.45, 2.75) is 25.9 Å². The van der Waals surface area contributed by atoms with Crippen molar-refractivity contribution >= 4 is 6.29 Å². The fraction of sp³-hybridized carbons (Fsp3) is 0.500. The Hall–Kier alpha value is -1.35. The molecular formula is C14H19NO2. The second-order valence-corrected chi connectivity index (χ2v) is 4.44. The Morgan fingerprint density at radius 2 is 2.18 bits per heavy atom. The van der Waals surface area contributed by atoms with E-state index in [1.54, 1.807) is 12.1 Å². The third-order valence-corrected chi connectivity index (χ3v) is 3.28. The molecule has 1 heterocycles. The van der Waals surface area contributed by atoms with Gasteiger partial charge in [-0.1, -0.05) is 19.1 Å². The van der Waals surface area contributed by atoms with Gasteiger partial charge >= 0.3 is 0 Å². The number of hydrogen-bond donors (Lipinski definition) is 0. The maximum atomic E-state index is 10.7. The third-order valence-electron chi connectivity index (χ3n) is 3.28. The van der Waals surface area contributed by atoms with Gasteiger partial charge in [-0.15, -0.1) is 0 Å². The van der Waals surface area contributed by atoms with Gasteiger partial charge in [-0.3, -0.25) is 4.79 Å². The summed E-state index contributed by atoms with van der Waals surface area (Å²) in [5.41, 5.74) is 0.675. The topological polar surface area (TPSA) is 29.5 Å². The van der Waals surface area contributed by atoms with Crippen molar-refractivity contribution in [3.63, 3.8) is 0 Å². The van der Waals surface area contributed by atoms with E-state index in [0.29, 0.717) is 11.7 Å². The van der Waals surface area contributed by atoms with Crippen LogP contribution in [0.1, 0.15) is 30.1 Å². The lowest BCUT2D eigenvalue weighted by atomic mass is 10.1. The van der Waals surface area contributed by atoms with Gasteiger partial charge in [-0.2, -0.15) is 0 Å². The van der Waals surface area contributed by atoms with E-state index in [9.17, 15) is 4.79 Å². The largest absolute Gasteiger partial charge is 0.490 e. The molecule has 0 aromatic heterocycles. The van der Waals surface area contributed by atoms with Crippen molar-refractivity contribution in [3.05, 3.63) is 29.8 Å². The highest BCUT2D eigenvalue weighted by molar-refractivity contribution is 5.75. The van der Waals surface area contributed by atoms with Crippen LogP contribution in [0.5, 0.6) is 5.75 Å². The summed E-state index contributed by atoms with van der Waals surface area (Å²) in [6, 6.07) is 7.37. The first kappa shape index (κ1) is 12.1. The number of piperidine rings is 1. The molecule has 0 unspecified atom stereocenters. The molecule has 0 bridgehead atoms. The fourth-order valence-electron chi connectivity index (χ4n) is 2.20. The van der Waals surface area contributed by atoms with Crippen LogP contribution in [0.2, 0.25) is 0 Å². The van der Waals surface area contributed by atoms with E-state index >= 15 is 0 Å². The zero-order valence-corrected chi connectivity index (χ0v) is 10.3.